The van der Waals surface area contributed by atoms with Crippen molar-refractivity contribution in [3.63, 3.8) is 0 Å². The van der Waals surface area contributed by atoms with Crippen LogP contribution in [0.2, 0.25) is 0 Å². The van der Waals surface area contributed by atoms with Gasteiger partial charge in [0.25, 0.3) is 5.91 Å². The fraction of sp³-hybridized carbons (Fsp3) is 0.161. The van der Waals surface area contributed by atoms with Crippen molar-refractivity contribution in [3.8, 4) is 16.9 Å². The molecule has 5 N–H and O–H groups in total. The Labute approximate surface area is 250 Å². The van der Waals surface area contributed by atoms with Crippen LogP contribution >= 0.6 is 0 Å². The fourth-order valence-corrected chi connectivity index (χ4v) is 4.03. The van der Waals surface area contributed by atoms with E-state index in [2.05, 4.69) is 20.6 Å². The molecule has 1 unspecified atom stereocenters. The Hall–Kier alpha value is -5.46. The summed E-state index contributed by atoms with van der Waals surface area (Å²) in [6.07, 6.45) is -2.93. The van der Waals surface area contributed by atoms with Gasteiger partial charge in [-0.25, -0.2) is 9.37 Å². The Balaban J connectivity index is 1.37. The van der Waals surface area contributed by atoms with Gasteiger partial charge in [0.15, 0.2) is 11.8 Å². The number of rotatable bonds is 9. The Morgan fingerprint density at radius 2 is 1.64 bits per heavy atom. The maximum atomic E-state index is 13.2. The number of nitrogens with two attached hydrogens (primary N) is 1. The van der Waals surface area contributed by atoms with Crippen molar-refractivity contribution < 1.29 is 31.9 Å². The molecule has 0 saturated heterocycles. The fourth-order valence-electron chi connectivity index (χ4n) is 4.03. The first kappa shape index (κ1) is 31.5. The summed E-state index contributed by atoms with van der Waals surface area (Å²) in [6.45, 7) is 0.288. The number of amides is 2. The highest BCUT2D eigenvalue weighted by atomic mass is 19.4. The molecule has 4 rings (SSSR count). The van der Waals surface area contributed by atoms with Crippen molar-refractivity contribution in [2.45, 2.75) is 19.0 Å². The van der Waals surface area contributed by atoms with Crippen LogP contribution in [0.15, 0.2) is 90.1 Å². The number of nitrogens with zero attached hydrogens (tertiary/aromatic N) is 2. The molecule has 0 spiro atoms. The minimum absolute atomic E-state index is 0.0283. The summed E-state index contributed by atoms with van der Waals surface area (Å²) in [4.78, 5) is 33.2. The SMILES string of the molecule is COc1cc(C(=O)NCC(F)(F)F)ccc1NC(N)=Nc1ccc(-c2ccc(NC(=O)C(C)c3ccc(F)cc3)cc2)cn1. The molecule has 0 bridgehead atoms. The molecule has 9 nitrogen and oxygen atoms in total. The van der Waals surface area contributed by atoms with Gasteiger partial charge >= 0.3 is 6.18 Å². The van der Waals surface area contributed by atoms with E-state index in [9.17, 15) is 27.2 Å². The zero-order valence-corrected chi connectivity index (χ0v) is 23.6. The summed E-state index contributed by atoms with van der Waals surface area (Å²) in [5.41, 5.74) is 9.25. The number of aromatic nitrogens is 1. The molecule has 0 radical (unpaired) electrons. The van der Waals surface area contributed by atoms with Crippen LogP contribution in [0.1, 0.15) is 28.8 Å². The molecule has 0 fully saturated rings. The second kappa shape index (κ2) is 13.7. The predicted molar refractivity (Wildman–Crippen MR) is 159 cm³/mol. The third kappa shape index (κ3) is 8.53. The van der Waals surface area contributed by atoms with Crippen molar-refractivity contribution in [2.75, 3.05) is 24.3 Å². The standard InChI is InChI=1S/C31H28F4N6O3/c1-18(19-3-9-23(32)10-4-19)28(42)39-24-11-5-20(6-12-24)22-8-14-27(37-16-22)41-30(36)40-25-13-7-21(15-26(25)44-2)29(43)38-17-31(33,34)35/h3-16,18H,17H2,1-2H3,(H,38,43)(H,39,42)(H3,36,37,40,41). The van der Waals surface area contributed by atoms with Crippen molar-refractivity contribution in [1.82, 2.24) is 10.3 Å². The molecule has 228 valence electrons. The Kier molecular flexibility index (Phi) is 9.78. The number of guanidine groups is 1. The van der Waals surface area contributed by atoms with Crippen LogP contribution in [0, 0.1) is 5.82 Å². The van der Waals surface area contributed by atoms with Crippen LogP contribution in [0.3, 0.4) is 0 Å². The van der Waals surface area contributed by atoms with Gasteiger partial charge in [-0.1, -0.05) is 24.3 Å². The van der Waals surface area contributed by atoms with Crippen LogP contribution in [-0.4, -0.2) is 42.6 Å². The van der Waals surface area contributed by atoms with Crippen LogP contribution in [0.4, 0.5) is 34.8 Å². The first-order valence-corrected chi connectivity index (χ1v) is 13.2. The highest BCUT2D eigenvalue weighted by molar-refractivity contribution is 5.98. The number of hydrogen-bond donors (Lipinski definition) is 4. The average molecular weight is 609 g/mol. The molecule has 0 saturated carbocycles. The van der Waals surface area contributed by atoms with E-state index in [0.717, 1.165) is 11.1 Å². The second-order valence-corrected chi connectivity index (χ2v) is 9.58. The molecule has 1 atom stereocenters. The highest BCUT2D eigenvalue weighted by Gasteiger charge is 2.28. The first-order valence-electron chi connectivity index (χ1n) is 13.2. The van der Waals surface area contributed by atoms with E-state index in [0.29, 0.717) is 22.8 Å². The third-order valence-corrected chi connectivity index (χ3v) is 6.41. The van der Waals surface area contributed by atoms with Crippen LogP contribution in [-0.2, 0) is 4.79 Å². The van der Waals surface area contributed by atoms with E-state index in [1.807, 2.05) is 12.1 Å². The van der Waals surface area contributed by atoms with E-state index >= 15 is 0 Å². The van der Waals surface area contributed by atoms with E-state index in [1.165, 1.54) is 37.4 Å². The lowest BCUT2D eigenvalue weighted by molar-refractivity contribution is -0.123. The zero-order valence-electron chi connectivity index (χ0n) is 23.6. The number of hydrogen-bond acceptors (Lipinski definition) is 5. The van der Waals surface area contributed by atoms with Crippen LogP contribution in [0.5, 0.6) is 5.75 Å². The maximum Gasteiger partial charge on any atom is 0.405 e. The maximum absolute atomic E-state index is 13.2. The Bertz CT molecular complexity index is 1640. The topological polar surface area (TPSA) is 131 Å². The molecule has 1 aromatic heterocycles. The largest absolute Gasteiger partial charge is 0.495 e. The van der Waals surface area contributed by atoms with E-state index in [-0.39, 0.29) is 29.0 Å². The van der Waals surface area contributed by atoms with Gasteiger partial charge in [-0.15, -0.1) is 0 Å². The van der Waals surface area contributed by atoms with Crippen LogP contribution in [0.25, 0.3) is 11.1 Å². The molecule has 3 aromatic carbocycles. The monoisotopic (exact) mass is 608 g/mol. The summed E-state index contributed by atoms with van der Waals surface area (Å²) in [7, 11) is 1.33. The summed E-state index contributed by atoms with van der Waals surface area (Å²) < 4.78 is 55.6. The van der Waals surface area contributed by atoms with E-state index in [4.69, 9.17) is 10.5 Å². The highest BCUT2D eigenvalue weighted by Crippen LogP contribution is 2.27. The molecule has 2 amide bonds. The first-order chi connectivity index (χ1) is 20.9. The molecule has 4 aromatic rings. The van der Waals surface area contributed by atoms with Crippen molar-refractivity contribution in [2.24, 2.45) is 10.7 Å². The third-order valence-electron chi connectivity index (χ3n) is 6.41. The molecule has 0 aliphatic carbocycles. The minimum Gasteiger partial charge on any atom is -0.495 e. The van der Waals surface area contributed by atoms with Gasteiger partial charge in [0, 0.05) is 23.0 Å². The lowest BCUT2D eigenvalue weighted by atomic mass is 10.00. The number of halogens is 4. The number of methoxy groups -OCH3 is 1. The lowest BCUT2D eigenvalue weighted by Gasteiger charge is -2.13. The molecule has 0 aliphatic rings. The number of carbonyl (C=O) groups is 2. The summed E-state index contributed by atoms with van der Waals surface area (Å²) in [6, 6.07) is 20.4. The Morgan fingerprint density at radius 1 is 0.955 bits per heavy atom. The number of anilines is 2. The van der Waals surface area contributed by atoms with Gasteiger partial charge in [-0.05, 0) is 72.6 Å². The van der Waals surface area contributed by atoms with Crippen molar-refractivity contribution in [3.05, 3.63) is 102 Å². The molecular weight excluding hydrogens is 580 g/mol. The number of nitrogens with one attached hydrogen (secondary N) is 3. The minimum atomic E-state index is -4.53. The van der Waals surface area contributed by atoms with E-state index in [1.54, 1.807) is 54.8 Å². The van der Waals surface area contributed by atoms with Gasteiger partial charge in [-0.2, -0.15) is 18.2 Å². The second-order valence-electron chi connectivity index (χ2n) is 9.58. The zero-order chi connectivity index (χ0) is 31.9. The quantitative estimate of drug-likeness (QED) is 0.105. The summed E-state index contributed by atoms with van der Waals surface area (Å²) in [5, 5.41) is 7.47. The molecule has 1 heterocycles. The van der Waals surface area contributed by atoms with Gasteiger partial charge in [-0.3, -0.25) is 9.59 Å². The van der Waals surface area contributed by atoms with Crippen molar-refractivity contribution >= 4 is 35.0 Å². The lowest BCUT2D eigenvalue weighted by Crippen LogP contribution is -2.33. The van der Waals surface area contributed by atoms with Crippen molar-refractivity contribution in [1.29, 1.82) is 0 Å². The van der Waals surface area contributed by atoms with E-state index < -0.39 is 24.5 Å². The molecule has 0 aliphatic heterocycles. The van der Waals surface area contributed by atoms with Crippen LogP contribution < -0.4 is 26.4 Å². The molecule has 13 heteroatoms. The normalized spacial score (nSPS) is 12.3. The number of alkyl halides is 3. The number of benzene rings is 3. The number of pyridine rings is 1. The van der Waals surface area contributed by atoms with Gasteiger partial charge in [0.1, 0.15) is 18.1 Å². The number of carbonyl (C=O) groups excluding carboxylic acids is 2. The molecule has 44 heavy (non-hydrogen) atoms. The smallest absolute Gasteiger partial charge is 0.405 e. The average Bonchev–Trinajstić information content (AvgIpc) is 3.00. The van der Waals surface area contributed by atoms with Gasteiger partial charge in [0.05, 0.1) is 18.7 Å². The number of aliphatic imine (C=N–C) groups is 1. The summed E-state index contributed by atoms with van der Waals surface area (Å²) in [5.74, 6) is -1.55. The number of ether oxygens (including phenoxy) is 1. The van der Waals surface area contributed by atoms with Gasteiger partial charge < -0.3 is 26.4 Å². The van der Waals surface area contributed by atoms with Gasteiger partial charge in [0.2, 0.25) is 5.91 Å². The Morgan fingerprint density at radius 3 is 2.25 bits per heavy atom. The summed E-state index contributed by atoms with van der Waals surface area (Å²) >= 11 is 0. The predicted octanol–water partition coefficient (Wildman–Crippen LogP) is 5.99. The molecular formula is C31H28F4N6O3.